The highest BCUT2D eigenvalue weighted by Gasteiger charge is 2.47. The van der Waals surface area contributed by atoms with E-state index in [1.807, 2.05) is 0 Å². The number of alkyl halides is 2. The lowest BCUT2D eigenvalue weighted by Gasteiger charge is -2.40. The summed E-state index contributed by atoms with van der Waals surface area (Å²) in [5, 5.41) is 107. The van der Waals surface area contributed by atoms with Gasteiger partial charge in [0.15, 0.2) is 0 Å². The zero-order chi connectivity index (χ0) is 48.2. The molecule has 0 radical (unpaired) electrons. The number of unbranched alkanes of at least 4 members (excludes halogenated alkanes) is 2. The first kappa shape index (κ1) is 54.7. The molecule has 2 aliphatic heterocycles. The molecule has 6 aliphatic rings. The lowest BCUT2D eigenvalue weighted by Crippen LogP contribution is -2.60. The molecular formula is C48H74Cl2O16. The zero-order valence-electron chi connectivity index (χ0n) is 38.5. The standard InChI is InChI=1S/C48H74Cl2O16/c1-5-7-11-25-13-9-15-29(49)21-34(62-4)28-18-32(54)40(36(20-28)64-48-46(60)44(58)42(56)38(24-52)66-48)26(12-8-6-2)14-10-16-30(50)22-33(61-3)27-17-31(53)39(25)35(19-27)63-47-45(59)43(57)41(55)37(23-51)65-47/h17-20,25-26,29-30,33-34,37-38,41-48,51-60H,5-16,21-24H2,1-4H3/t25-,26-,29-,30+,33+,34+,37-,38-,41-,42-,43-,44-,45-,46-,47-,48-/m0/s1. The third-order valence-electron chi connectivity index (χ3n) is 13.5. The number of rotatable bonds is 14. The lowest BCUT2D eigenvalue weighted by atomic mass is 9.85. The Morgan fingerprint density at radius 3 is 1.27 bits per heavy atom. The van der Waals surface area contributed by atoms with Crippen molar-refractivity contribution in [1.29, 1.82) is 0 Å². The van der Waals surface area contributed by atoms with Gasteiger partial charge in [0.25, 0.3) is 0 Å². The molecule has 0 spiro atoms. The maximum absolute atomic E-state index is 11.9. The fourth-order valence-corrected chi connectivity index (χ4v) is 10.2. The number of aliphatic hydroxyl groups is 8. The van der Waals surface area contributed by atoms with E-state index >= 15 is 0 Å². The highest BCUT2D eigenvalue weighted by atomic mass is 35.5. The first-order valence-corrected chi connectivity index (χ1v) is 24.5. The Bertz CT molecular complexity index is 1650. The number of phenolic OH excluding ortho intramolecular Hbond substituents is 2. The van der Waals surface area contributed by atoms with Crippen molar-refractivity contribution in [3.05, 3.63) is 46.5 Å². The first-order valence-electron chi connectivity index (χ1n) is 23.6. The second-order valence-electron chi connectivity index (χ2n) is 18.2. The minimum Gasteiger partial charge on any atom is -0.508 e. The Kier molecular flexibility index (Phi) is 21.6. The molecule has 4 aliphatic carbocycles. The summed E-state index contributed by atoms with van der Waals surface area (Å²) in [7, 11) is 3.07. The number of halogens is 2. The molecule has 2 fully saturated rings. The summed E-state index contributed by atoms with van der Waals surface area (Å²) in [6.07, 6.45) is -7.97. The smallest absolute Gasteiger partial charge is 0.229 e. The van der Waals surface area contributed by atoms with Gasteiger partial charge >= 0.3 is 0 Å². The second-order valence-corrected chi connectivity index (χ2v) is 19.4. The van der Waals surface area contributed by atoms with Crippen molar-refractivity contribution in [2.75, 3.05) is 27.4 Å². The predicted molar refractivity (Wildman–Crippen MR) is 245 cm³/mol. The molecule has 0 unspecified atom stereocenters. The summed E-state index contributed by atoms with van der Waals surface area (Å²) < 4.78 is 36.2. The molecule has 66 heavy (non-hydrogen) atoms. The molecule has 2 aromatic rings. The second kappa shape index (κ2) is 26.1. The van der Waals surface area contributed by atoms with Crippen LogP contribution in [0.25, 0.3) is 0 Å². The Morgan fingerprint density at radius 1 is 0.561 bits per heavy atom. The van der Waals surface area contributed by atoms with Crippen LogP contribution in [0.3, 0.4) is 0 Å². The van der Waals surface area contributed by atoms with E-state index < -0.39 is 97.6 Å². The van der Waals surface area contributed by atoms with Crippen LogP contribution in [0.15, 0.2) is 24.3 Å². The molecule has 376 valence electrons. The SMILES string of the molecule is CCCC[C@H]1CCC[C@@H](Cl)C[C@@H](OC)c2cc(O)c(c(O[C@H]3O[C@@H](CO)[C@H](O)[C@H](O)[C@@H]3O)c2)[C@@H](CCCC)CCC[C@H](Cl)C[C@@H](OC)c2cc(O)c1c(O[C@H]1O[C@@H](CO)[C@H](O)[C@H](O)[C@@H]1O)c2. The van der Waals surface area contributed by atoms with Crippen molar-refractivity contribution >= 4 is 23.2 Å². The Hall–Kier alpha value is -2.26. The lowest BCUT2D eigenvalue weighted by molar-refractivity contribution is -0.277. The van der Waals surface area contributed by atoms with Gasteiger partial charge < -0.3 is 79.5 Å². The van der Waals surface area contributed by atoms with Gasteiger partial charge in [-0.2, -0.15) is 0 Å². The minimum absolute atomic E-state index is 0.0614. The van der Waals surface area contributed by atoms with Gasteiger partial charge in [-0.05, 0) is 98.6 Å². The number of benzene rings is 2. The van der Waals surface area contributed by atoms with E-state index in [9.17, 15) is 51.1 Å². The summed E-state index contributed by atoms with van der Waals surface area (Å²) in [6.45, 7) is 2.84. The van der Waals surface area contributed by atoms with Crippen LogP contribution in [-0.2, 0) is 18.9 Å². The summed E-state index contributed by atoms with van der Waals surface area (Å²) in [4.78, 5) is 0. The van der Waals surface area contributed by atoms with Crippen LogP contribution >= 0.6 is 23.2 Å². The molecular weight excluding hydrogens is 903 g/mol. The number of phenols is 2. The van der Waals surface area contributed by atoms with Crippen molar-refractivity contribution in [2.24, 2.45) is 0 Å². The highest BCUT2D eigenvalue weighted by molar-refractivity contribution is 6.20. The van der Waals surface area contributed by atoms with Gasteiger partial charge in [-0.3, -0.25) is 0 Å². The largest absolute Gasteiger partial charge is 0.508 e. The van der Waals surface area contributed by atoms with Crippen molar-refractivity contribution in [1.82, 2.24) is 0 Å². The van der Waals surface area contributed by atoms with Crippen molar-refractivity contribution in [2.45, 2.75) is 200 Å². The number of hydrogen-bond donors (Lipinski definition) is 10. The van der Waals surface area contributed by atoms with Crippen molar-refractivity contribution < 1.29 is 79.5 Å². The van der Waals surface area contributed by atoms with Gasteiger partial charge in [0.2, 0.25) is 12.6 Å². The Labute approximate surface area is 398 Å². The summed E-state index contributed by atoms with van der Waals surface area (Å²) in [6, 6.07) is 6.71. The molecule has 4 bridgehead atoms. The van der Waals surface area contributed by atoms with Crippen LogP contribution in [0.1, 0.15) is 150 Å². The van der Waals surface area contributed by atoms with Gasteiger partial charge in [0, 0.05) is 36.1 Å². The normalized spacial score (nSPS) is 35.2. The molecule has 8 rings (SSSR count). The Balaban J connectivity index is 1.55. The summed E-state index contributed by atoms with van der Waals surface area (Å²) in [5.41, 5.74) is 2.00. The Morgan fingerprint density at radius 2 is 0.939 bits per heavy atom. The summed E-state index contributed by atoms with van der Waals surface area (Å²) in [5.74, 6) is -0.282. The van der Waals surface area contributed by atoms with E-state index in [1.165, 1.54) is 14.2 Å². The quantitative estimate of drug-likeness (QED) is 0.106. The predicted octanol–water partition coefficient (Wildman–Crippen LogP) is 5.43. The van der Waals surface area contributed by atoms with E-state index in [0.29, 0.717) is 86.5 Å². The van der Waals surface area contributed by atoms with Crippen LogP contribution in [0.4, 0.5) is 0 Å². The molecule has 0 saturated carbocycles. The van der Waals surface area contributed by atoms with E-state index in [1.54, 1.807) is 24.3 Å². The van der Waals surface area contributed by atoms with Crippen molar-refractivity contribution in [3.63, 3.8) is 0 Å². The van der Waals surface area contributed by atoms with Gasteiger partial charge in [-0.1, -0.05) is 52.4 Å². The maximum Gasteiger partial charge on any atom is 0.229 e. The van der Waals surface area contributed by atoms with Gasteiger partial charge in [-0.25, -0.2) is 0 Å². The maximum atomic E-state index is 11.9. The number of aliphatic hydroxyl groups excluding tert-OH is 8. The fourth-order valence-electron chi connectivity index (χ4n) is 9.61. The van der Waals surface area contributed by atoms with Crippen LogP contribution in [0.5, 0.6) is 23.0 Å². The molecule has 0 aromatic heterocycles. The molecule has 16 nitrogen and oxygen atoms in total. The average Bonchev–Trinajstić information content (AvgIpc) is 3.29. The number of methoxy groups -OCH3 is 2. The van der Waals surface area contributed by atoms with E-state index in [2.05, 4.69) is 13.8 Å². The zero-order valence-corrected chi connectivity index (χ0v) is 40.1. The minimum atomic E-state index is -1.69. The monoisotopic (exact) mass is 976 g/mol. The molecule has 0 amide bonds. The van der Waals surface area contributed by atoms with E-state index in [4.69, 9.17) is 51.6 Å². The molecule has 16 atom stereocenters. The fraction of sp³-hybridized carbons (Fsp3) is 0.750. The highest BCUT2D eigenvalue weighted by Crippen LogP contribution is 2.47. The average molecular weight is 978 g/mol. The van der Waals surface area contributed by atoms with Crippen LogP contribution in [0.2, 0.25) is 0 Å². The van der Waals surface area contributed by atoms with E-state index in [-0.39, 0.29) is 34.8 Å². The van der Waals surface area contributed by atoms with Gasteiger partial charge in [0.1, 0.15) is 71.8 Å². The molecule has 2 aromatic carbocycles. The molecule has 2 heterocycles. The van der Waals surface area contributed by atoms with Crippen LogP contribution in [0, 0.1) is 0 Å². The molecule has 18 heteroatoms. The van der Waals surface area contributed by atoms with Crippen molar-refractivity contribution in [3.8, 4) is 23.0 Å². The van der Waals surface area contributed by atoms with Gasteiger partial charge in [-0.15, -0.1) is 23.2 Å². The van der Waals surface area contributed by atoms with Crippen LogP contribution in [-0.4, -0.2) is 151 Å². The first-order chi connectivity index (χ1) is 31.6. The molecule has 2 saturated heterocycles. The van der Waals surface area contributed by atoms with Gasteiger partial charge in [0.05, 0.1) is 25.4 Å². The van der Waals surface area contributed by atoms with E-state index in [0.717, 1.165) is 25.7 Å². The third-order valence-corrected chi connectivity index (χ3v) is 14.3. The summed E-state index contributed by atoms with van der Waals surface area (Å²) >= 11 is 14.2. The number of hydrogen-bond acceptors (Lipinski definition) is 16. The van der Waals surface area contributed by atoms with Crippen LogP contribution < -0.4 is 9.47 Å². The number of aromatic hydroxyl groups is 2. The topological polar surface area (TPSA) is 258 Å². The molecule has 10 N–H and O–H groups in total. The number of ether oxygens (including phenoxy) is 6. The third kappa shape index (κ3) is 13.5.